The first-order chi connectivity index (χ1) is 14.1. The van der Waals surface area contributed by atoms with Gasteiger partial charge in [0.2, 0.25) is 23.6 Å². The Balaban J connectivity index is 4.79. The van der Waals surface area contributed by atoms with Crippen molar-refractivity contribution in [3.63, 3.8) is 0 Å². The van der Waals surface area contributed by atoms with Crippen molar-refractivity contribution in [2.24, 2.45) is 0 Å². The van der Waals surface area contributed by atoms with E-state index in [1.54, 1.807) is 0 Å². The number of unbranched alkanes of at least 4 members (excludes halogenated alkanes) is 1. The third-order valence-electron chi connectivity index (χ3n) is 3.89. The zero-order valence-electron chi connectivity index (χ0n) is 17.2. The second-order valence-electron chi connectivity index (χ2n) is 6.60. The lowest BCUT2D eigenvalue weighted by Gasteiger charge is -2.19. The third kappa shape index (κ3) is 13.1. The molecule has 0 saturated heterocycles. The Kier molecular flexibility index (Phi) is 13.2. The van der Waals surface area contributed by atoms with Crippen LogP contribution in [0.15, 0.2) is 0 Å². The molecule has 170 valence electrons. The summed E-state index contributed by atoms with van der Waals surface area (Å²) in [6.07, 6.45) is 0.583. The summed E-state index contributed by atoms with van der Waals surface area (Å²) in [6, 6.07) is -2.22. The van der Waals surface area contributed by atoms with E-state index < -0.39 is 54.2 Å². The maximum Gasteiger partial charge on any atom is 0.303 e. The summed E-state index contributed by atoms with van der Waals surface area (Å²) in [6.45, 7) is 2.95. The maximum atomic E-state index is 12.2. The molecule has 0 saturated carbocycles. The van der Waals surface area contributed by atoms with Crippen LogP contribution in [-0.4, -0.2) is 71.0 Å². The molecule has 4 amide bonds. The number of carboxylic acid groups (broad SMARTS) is 2. The Morgan fingerprint density at radius 2 is 1.30 bits per heavy atom. The minimum Gasteiger partial charge on any atom is -0.481 e. The third-order valence-corrected chi connectivity index (χ3v) is 3.89. The molecule has 0 radical (unpaired) electrons. The largest absolute Gasteiger partial charge is 0.481 e. The molecule has 2 unspecified atom stereocenters. The van der Waals surface area contributed by atoms with Gasteiger partial charge in [0.25, 0.3) is 0 Å². The number of carbonyl (C=O) groups excluding carboxylic acids is 4. The van der Waals surface area contributed by atoms with E-state index >= 15 is 0 Å². The average Bonchev–Trinajstić information content (AvgIpc) is 2.65. The molecule has 0 bridgehead atoms. The Morgan fingerprint density at radius 3 is 1.77 bits per heavy atom. The van der Waals surface area contributed by atoms with Crippen LogP contribution in [0.5, 0.6) is 0 Å². The van der Waals surface area contributed by atoms with E-state index in [2.05, 4.69) is 21.3 Å². The minimum absolute atomic E-state index is 0.125. The van der Waals surface area contributed by atoms with E-state index in [-0.39, 0.29) is 25.7 Å². The highest BCUT2D eigenvalue weighted by Gasteiger charge is 2.24. The zero-order valence-corrected chi connectivity index (χ0v) is 17.2. The lowest BCUT2D eigenvalue weighted by Crippen LogP contribution is -2.52. The van der Waals surface area contributed by atoms with Gasteiger partial charge in [0.05, 0.1) is 6.54 Å². The number of hydrogen-bond acceptors (Lipinski definition) is 6. The summed E-state index contributed by atoms with van der Waals surface area (Å²) in [5, 5.41) is 27.1. The molecule has 12 heteroatoms. The Hall–Kier alpha value is -3.18. The van der Waals surface area contributed by atoms with Gasteiger partial charge in [-0.3, -0.25) is 28.8 Å². The molecule has 0 aliphatic carbocycles. The molecule has 0 aromatic heterocycles. The van der Waals surface area contributed by atoms with Crippen molar-refractivity contribution in [3.8, 4) is 0 Å². The number of carboxylic acids is 2. The topological polar surface area (TPSA) is 191 Å². The van der Waals surface area contributed by atoms with Crippen LogP contribution in [-0.2, 0) is 28.8 Å². The van der Waals surface area contributed by atoms with Crippen LogP contribution in [0.3, 0.4) is 0 Å². The van der Waals surface area contributed by atoms with E-state index in [4.69, 9.17) is 10.2 Å². The lowest BCUT2D eigenvalue weighted by molar-refractivity contribution is -0.138. The number of amides is 4. The highest BCUT2D eigenvalue weighted by atomic mass is 16.4. The maximum absolute atomic E-state index is 12.2. The standard InChI is InChI=1S/C18H30N4O8/c1-3-4-9-19-17(29)13(6-8-16(27)28)22-14(24)10-20-18(30)12(21-11(2)23)5-7-15(25)26/h12-13H,3-10H2,1-2H3,(H,19,29)(H,20,30)(H,21,23)(H,22,24)(H,25,26)(H,27,28). The van der Waals surface area contributed by atoms with Gasteiger partial charge in [-0.05, 0) is 19.3 Å². The molecular formula is C18H30N4O8. The first-order valence-corrected chi connectivity index (χ1v) is 9.62. The second-order valence-corrected chi connectivity index (χ2v) is 6.60. The molecule has 0 spiro atoms. The molecule has 0 aliphatic rings. The monoisotopic (exact) mass is 430 g/mol. The molecule has 0 aliphatic heterocycles. The minimum atomic E-state index is -1.15. The molecule has 0 heterocycles. The van der Waals surface area contributed by atoms with Crippen LogP contribution in [0.1, 0.15) is 52.4 Å². The van der Waals surface area contributed by atoms with E-state index in [0.29, 0.717) is 6.54 Å². The Bertz CT molecular complexity index is 638. The molecule has 6 N–H and O–H groups in total. The number of carbonyl (C=O) groups is 6. The van der Waals surface area contributed by atoms with Gasteiger partial charge in [0.1, 0.15) is 12.1 Å². The Morgan fingerprint density at radius 1 is 0.800 bits per heavy atom. The van der Waals surface area contributed by atoms with Gasteiger partial charge in [0, 0.05) is 26.3 Å². The molecule has 0 aromatic rings. The molecule has 2 atom stereocenters. The molecule has 0 aromatic carbocycles. The first kappa shape index (κ1) is 26.8. The van der Waals surface area contributed by atoms with Gasteiger partial charge >= 0.3 is 11.9 Å². The summed E-state index contributed by atoms with van der Waals surface area (Å²) in [5.41, 5.74) is 0. The average molecular weight is 430 g/mol. The highest BCUT2D eigenvalue weighted by Crippen LogP contribution is 2.00. The zero-order chi connectivity index (χ0) is 23.1. The van der Waals surface area contributed by atoms with Gasteiger partial charge < -0.3 is 31.5 Å². The van der Waals surface area contributed by atoms with Gasteiger partial charge in [-0.1, -0.05) is 13.3 Å². The quantitative estimate of drug-likeness (QED) is 0.173. The van der Waals surface area contributed by atoms with Crippen molar-refractivity contribution in [1.29, 1.82) is 0 Å². The van der Waals surface area contributed by atoms with E-state index in [1.165, 1.54) is 0 Å². The van der Waals surface area contributed by atoms with Gasteiger partial charge in [0.15, 0.2) is 0 Å². The van der Waals surface area contributed by atoms with Crippen LogP contribution in [0.2, 0.25) is 0 Å². The first-order valence-electron chi connectivity index (χ1n) is 9.62. The summed E-state index contributed by atoms with van der Waals surface area (Å²) in [5.74, 6) is -4.82. The smallest absolute Gasteiger partial charge is 0.303 e. The van der Waals surface area contributed by atoms with Crippen LogP contribution in [0.25, 0.3) is 0 Å². The highest BCUT2D eigenvalue weighted by molar-refractivity contribution is 5.92. The number of nitrogens with one attached hydrogen (secondary N) is 4. The second kappa shape index (κ2) is 14.8. The number of rotatable bonds is 15. The van der Waals surface area contributed by atoms with Crippen molar-refractivity contribution < 1.29 is 39.0 Å². The summed E-state index contributed by atoms with van der Waals surface area (Å²) in [7, 11) is 0. The molecule has 0 rings (SSSR count). The van der Waals surface area contributed by atoms with Crippen molar-refractivity contribution in [2.75, 3.05) is 13.1 Å². The fourth-order valence-corrected chi connectivity index (χ4v) is 2.37. The summed E-state index contributed by atoms with van der Waals surface area (Å²) < 4.78 is 0. The van der Waals surface area contributed by atoms with Crippen LogP contribution < -0.4 is 21.3 Å². The lowest BCUT2D eigenvalue weighted by atomic mass is 10.1. The van der Waals surface area contributed by atoms with Gasteiger partial charge in [-0.15, -0.1) is 0 Å². The predicted octanol–water partition coefficient (Wildman–Crippen LogP) is -1.26. The van der Waals surface area contributed by atoms with E-state index in [9.17, 15) is 28.8 Å². The molecule has 30 heavy (non-hydrogen) atoms. The van der Waals surface area contributed by atoms with E-state index in [0.717, 1.165) is 19.8 Å². The number of aliphatic carboxylic acids is 2. The normalized spacial score (nSPS) is 12.2. The molecule has 12 nitrogen and oxygen atoms in total. The fraction of sp³-hybridized carbons (Fsp3) is 0.667. The molecular weight excluding hydrogens is 400 g/mol. The van der Waals surface area contributed by atoms with Crippen molar-refractivity contribution >= 4 is 35.6 Å². The van der Waals surface area contributed by atoms with Crippen LogP contribution in [0, 0.1) is 0 Å². The van der Waals surface area contributed by atoms with Crippen LogP contribution >= 0.6 is 0 Å². The van der Waals surface area contributed by atoms with Gasteiger partial charge in [-0.2, -0.15) is 0 Å². The fourth-order valence-electron chi connectivity index (χ4n) is 2.37. The summed E-state index contributed by atoms with van der Waals surface area (Å²) >= 11 is 0. The van der Waals surface area contributed by atoms with E-state index in [1.807, 2.05) is 6.92 Å². The van der Waals surface area contributed by atoms with Crippen molar-refractivity contribution in [2.45, 2.75) is 64.5 Å². The van der Waals surface area contributed by atoms with Crippen molar-refractivity contribution in [3.05, 3.63) is 0 Å². The summed E-state index contributed by atoms with van der Waals surface area (Å²) in [4.78, 5) is 69.1. The number of hydrogen-bond donors (Lipinski definition) is 6. The van der Waals surface area contributed by atoms with Gasteiger partial charge in [-0.25, -0.2) is 0 Å². The van der Waals surface area contributed by atoms with Crippen molar-refractivity contribution in [1.82, 2.24) is 21.3 Å². The Labute approximate surface area is 174 Å². The SMILES string of the molecule is CCCCNC(=O)C(CCC(=O)O)NC(=O)CNC(=O)C(CCC(=O)O)NC(C)=O. The predicted molar refractivity (Wildman–Crippen MR) is 104 cm³/mol. The van der Waals surface area contributed by atoms with Crippen LogP contribution in [0.4, 0.5) is 0 Å². The molecule has 0 fully saturated rings.